The fraction of sp³-hybridized carbons (Fsp3) is 0.391. The number of hydrogen-bond donors (Lipinski definition) is 0. The normalized spacial score (nSPS) is 30.0. The smallest absolute Gasteiger partial charge is 0.309 e. The lowest BCUT2D eigenvalue weighted by Crippen LogP contribution is -2.46. The van der Waals surface area contributed by atoms with E-state index < -0.39 is 36.1 Å². The zero-order chi connectivity index (χ0) is 21.5. The Morgan fingerprint density at radius 3 is 2.77 bits per heavy atom. The van der Waals surface area contributed by atoms with Crippen molar-refractivity contribution in [1.29, 1.82) is 5.26 Å². The molecule has 1 saturated heterocycles. The summed E-state index contributed by atoms with van der Waals surface area (Å²) >= 11 is 0. The van der Waals surface area contributed by atoms with Gasteiger partial charge < -0.3 is 4.74 Å². The van der Waals surface area contributed by atoms with Gasteiger partial charge in [0.25, 0.3) is 5.92 Å². The van der Waals surface area contributed by atoms with Crippen molar-refractivity contribution in [3.05, 3.63) is 54.1 Å². The number of esters is 1. The van der Waals surface area contributed by atoms with E-state index in [0.717, 1.165) is 5.56 Å². The number of hydrogen-bond acceptors (Lipinski definition) is 5. The summed E-state index contributed by atoms with van der Waals surface area (Å²) in [5.74, 6) is -5.89. The highest BCUT2D eigenvalue weighted by atomic mass is 19.3. The second-order valence-electron chi connectivity index (χ2n) is 8.00. The van der Waals surface area contributed by atoms with Crippen LogP contribution in [0.1, 0.15) is 31.7 Å². The molecule has 7 heteroatoms. The Balaban J connectivity index is 1.59. The van der Waals surface area contributed by atoms with Crippen LogP contribution in [0.25, 0.3) is 17.2 Å². The van der Waals surface area contributed by atoms with Gasteiger partial charge >= 0.3 is 5.97 Å². The molecular formula is C23H21F2N3O2. The number of carbonyl (C=O) groups excluding carboxylic acids is 1. The molecule has 0 radical (unpaired) electrons. The minimum atomic E-state index is -2.93. The lowest BCUT2D eigenvalue weighted by molar-refractivity contribution is -0.152. The van der Waals surface area contributed by atoms with Gasteiger partial charge in [0.2, 0.25) is 0 Å². The molecule has 2 fully saturated rings. The number of rotatable bonds is 3. The topological polar surface area (TPSA) is 75.9 Å². The second-order valence-corrected chi connectivity index (χ2v) is 8.00. The van der Waals surface area contributed by atoms with Crippen LogP contribution in [-0.2, 0) is 9.53 Å². The third kappa shape index (κ3) is 3.47. The summed E-state index contributed by atoms with van der Waals surface area (Å²) < 4.78 is 34.3. The standard InChI is InChI=1S/C23H21F2N3O2/c1-13-17(21-14(2)30-22(29)19(21)10-23(13,24)25)8-7-16-6-5-15(12-28-16)18-4-3-9-27-20(18)11-26/h3-9,12-14,17,19,21H,10H2,1-2H3/t13-,14+,17-,19+,21-/m0/s1. The Hall–Kier alpha value is -3.14. The molecule has 0 bridgehead atoms. The maximum absolute atomic E-state index is 14.5. The lowest BCUT2D eigenvalue weighted by Gasteiger charge is -2.41. The average molecular weight is 409 g/mol. The van der Waals surface area contributed by atoms with E-state index in [1.807, 2.05) is 6.07 Å². The van der Waals surface area contributed by atoms with Crippen LogP contribution in [0.5, 0.6) is 0 Å². The molecule has 5 nitrogen and oxygen atoms in total. The quantitative estimate of drug-likeness (QED) is 0.698. The average Bonchev–Trinajstić information content (AvgIpc) is 3.01. The molecule has 1 saturated carbocycles. The van der Waals surface area contributed by atoms with Crippen molar-refractivity contribution in [2.24, 2.45) is 23.7 Å². The Labute approximate surface area is 173 Å². The summed E-state index contributed by atoms with van der Waals surface area (Å²) in [6.45, 7) is 3.30. The maximum Gasteiger partial charge on any atom is 0.309 e. The molecule has 0 aromatic carbocycles. The van der Waals surface area contributed by atoms with Gasteiger partial charge in [-0.3, -0.25) is 9.78 Å². The minimum Gasteiger partial charge on any atom is -0.462 e. The number of pyridine rings is 2. The number of alkyl halides is 2. The highest BCUT2D eigenvalue weighted by molar-refractivity contribution is 5.76. The predicted molar refractivity (Wildman–Crippen MR) is 106 cm³/mol. The van der Waals surface area contributed by atoms with Gasteiger partial charge in [-0.25, -0.2) is 13.8 Å². The summed E-state index contributed by atoms with van der Waals surface area (Å²) in [4.78, 5) is 20.5. The van der Waals surface area contributed by atoms with Gasteiger partial charge in [-0.2, -0.15) is 5.26 Å². The van der Waals surface area contributed by atoms with E-state index in [-0.39, 0.29) is 12.0 Å². The summed E-state index contributed by atoms with van der Waals surface area (Å²) in [6, 6.07) is 9.18. The first kappa shape index (κ1) is 20.1. The number of fused-ring (bicyclic) bond motifs is 1. The van der Waals surface area contributed by atoms with Crippen LogP contribution in [0.2, 0.25) is 0 Å². The van der Waals surface area contributed by atoms with E-state index in [2.05, 4.69) is 16.0 Å². The summed E-state index contributed by atoms with van der Waals surface area (Å²) in [5.41, 5.74) is 2.35. The Morgan fingerprint density at radius 1 is 1.27 bits per heavy atom. The third-order valence-corrected chi connectivity index (χ3v) is 6.29. The summed E-state index contributed by atoms with van der Waals surface area (Å²) in [6.07, 6.45) is 5.80. The first-order chi connectivity index (χ1) is 14.3. The van der Waals surface area contributed by atoms with Gasteiger partial charge in [-0.05, 0) is 37.1 Å². The molecule has 1 aliphatic heterocycles. The molecule has 1 aliphatic carbocycles. The molecule has 2 aromatic heterocycles. The number of halogens is 2. The summed E-state index contributed by atoms with van der Waals surface area (Å²) in [5, 5.41) is 9.21. The molecule has 30 heavy (non-hydrogen) atoms. The molecule has 0 amide bonds. The van der Waals surface area contributed by atoms with Gasteiger partial charge in [-0.1, -0.05) is 19.1 Å². The van der Waals surface area contributed by atoms with Crippen molar-refractivity contribution in [2.45, 2.75) is 32.3 Å². The fourth-order valence-corrected chi connectivity index (χ4v) is 4.62. The van der Waals surface area contributed by atoms with E-state index in [0.29, 0.717) is 17.0 Å². The number of nitriles is 1. The Kier molecular flexibility index (Phi) is 5.10. The van der Waals surface area contributed by atoms with Crippen molar-refractivity contribution in [3.63, 3.8) is 0 Å². The van der Waals surface area contributed by atoms with Crippen LogP contribution < -0.4 is 0 Å². The maximum atomic E-state index is 14.5. The van der Waals surface area contributed by atoms with Crippen LogP contribution in [0.3, 0.4) is 0 Å². The first-order valence-electron chi connectivity index (χ1n) is 9.90. The SMILES string of the molecule is C[C@H]1OC(=O)[C@@H]2CC(F)(F)[C@@H](C)[C@H](C=Cc3ccc(-c4cccnc4C#N)cn3)[C@H]12. The highest BCUT2D eigenvalue weighted by Gasteiger charge is 2.59. The van der Waals surface area contributed by atoms with Crippen LogP contribution in [0.15, 0.2) is 42.7 Å². The Bertz CT molecular complexity index is 1030. The molecular weight excluding hydrogens is 388 g/mol. The number of ether oxygens (including phenoxy) is 1. The highest BCUT2D eigenvalue weighted by Crippen LogP contribution is 2.52. The molecule has 3 heterocycles. The van der Waals surface area contributed by atoms with Gasteiger partial charge in [0.15, 0.2) is 0 Å². The van der Waals surface area contributed by atoms with Gasteiger partial charge in [0.05, 0.1) is 11.6 Å². The zero-order valence-corrected chi connectivity index (χ0v) is 16.6. The van der Waals surface area contributed by atoms with E-state index in [9.17, 15) is 18.8 Å². The van der Waals surface area contributed by atoms with Gasteiger partial charge in [0, 0.05) is 41.8 Å². The van der Waals surface area contributed by atoms with Crippen molar-refractivity contribution < 1.29 is 18.3 Å². The number of allylic oxidation sites excluding steroid dienone is 1. The molecule has 0 spiro atoms. The number of cyclic esters (lactones) is 1. The van der Waals surface area contributed by atoms with Gasteiger partial charge in [-0.15, -0.1) is 0 Å². The molecule has 154 valence electrons. The largest absolute Gasteiger partial charge is 0.462 e. The monoisotopic (exact) mass is 409 g/mol. The van der Waals surface area contributed by atoms with Crippen molar-refractivity contribution in [2.75, 3.05) is 0 Å². The number of aromatic nitrogens is 2. The molecule has 5 atom stereocenters. The molecule has 0 N–H and O–H groups in total. The van der Waals surface area contributed by atoms with E-state index in [1.54, 1.807) is 49.7 Å². The predicted octanol–water partition coefficient (Wildman–Crippen LogP) is 4.50. The second kappa shape index (κ2) is 7.60. The zero-order valence-electron chi connectivity index (χ0n) is 16.6. The minimum absolute atomic E-state index is 0.267. The van der Waals surface area contributed by atoms with Crippen molar-refractivity contribution in [1.82, 2.24) is 9.97 Å². The molecule has 4 rings (SSSR count). The van der Waals surface area contributed by atoms with Gasteiger partial charge in [0.1, 0.15) is 17.9 Å². The van der Waals surface area contributed by atoms with E-state index in [1.165, 1.54) is 6.92 Å². The molecule has 2 aromatic rings. The van der Waals surface area contributed by atoms with Crippen LogP contribution in [-0.4, -0.2) is 28.0 Å². The molecule has 0 unspecified atom stereocenters. The van der Waals surface area contributed by atoms with Crippen LogP contribution in [0.4, 0.5) is 8.78 Å². The Morgan fingerprint density at radius 2 is 2.07 bits per heavy atom. The third-order valence-electron chi connectivity index (χ3n) is 6.29. The van der Waals surface area contributed by atoms with E-state index in [4.69, 9.17) is 4.74 Å². The van der Waals surface area contributed by atoms with Crippen LogP contribution in [0, 0.1) is 35.0 Å². The van der Waals surface area contributed by atoms with Crippen molar-refractivity contribution in [3.8, 4) is 17.2 Å². The lowest BCUT2D eigenvalue weighted by atomic mass is 9.64. The van der Waals surface area contributed by atoms with E-state index >= 15 is 0 Å². The molecule has 2 aliphatic rings. The number of carbonyl (C=O) groups is 1. The fourth-order valence-electron chi connectivity index (χ4n) is 4.62. The summed E-state index contributed by atoms with van der Waals surface area (Å²) in [7, 11) is 0. The van der Waals surface area contributed by atoms with Crippen LogP contribution >= 0.6 is 0 Å². The first-order valence-corrected chi connectivity index (χ1v) is 9.90. The number of nitrogens with zero attached hydrogens (tertiary/aromatic N) is 3. The van der Waals surface area contributed by atoms with Crippen molar-refractivity contribution >= 4 is 12.0 Å².